The van der Waals surface area contributed by atoms with Gasteiger partial charge in [0.1, 0.15) is 5.76 Å². The molecular formula is C12H13ClN2O2S. The highest BCUT2D eigenvalue weighted by atomic mass is 35.5. The van der Waals surface area contributed by atoms with Crippen LogP contribution in [0.15, 0.2) is 40.1 Å². The van der Waals surface area contributed by atoms with Gasteiger partial charge in [-0.2, -0.15) is 0 Å². The number of fused-ring (bicyclic) bond motifs is 1. The van der Waals surface area contributed by atoms with Crippen LogP contribution in [0.1, 0.15) is 13.8 Å². The lowest BCUT2D eigenvalue weighted by molar-refractivity contribution is -0.113. The van der Waals surface area contributed by atoms with Gasteiger partial charge in [-0.25, -0.2) is 4.98 Å². The molecule has 1 aromatic heterocycles. The van der Waals surface area contributed by atoms with Crippen LogP contribution in [0.5, 0.6) is 0 Å². The number of aromatic nitrogens is 2. The lowest BCUT2D eigenvalue weighted by Crippen LogP contribution is -1.96. The number of thioether (sulfide) groups is 1. The van der Waals surface area contributed by atoms with E-state index in [1.807, 2.05) is 24.3 Å². The molecule has 0 saturated carbocycles. The zero-order valence-electron chi connectivity index (χ0n) is 9.93. The number of carbonyl (C=O) groups is 1. The van der Waals surface area contributed by atoms with Crippen LogP contribution in [-0.2, 0) is 4.79 Å². The predicted molar refractivity (Wildman–Crippen MR) is 75.2 cm³/mol. The fourth-order valence-electron chi connectivity index (χ4n) is 1.47. The molecule has 1 heterocycles. The van der Waals surface area contributed by atoms with Gasteiger partial charge in [-0.05, 0) is 37.7 Å². The van der Waals surface area contributed by atoms with Gasteiger partial charge in [0.25, 0.3) is 0 Å². The molecule has 4 nitrogen and oxygen atoms in total. The summed E-state index contributed by atoms with van der Waals surface area (Å²) in [6.07, 6.45) is 0. The van der Waals surface area contributed by atoms with Crippen molar-refractivity contribution < 1.29 is 9.90 Å². The molecule has 1 aromatic carbocycles. The largest absolute Gasteiger partial charge is 0.511 e. The van der Waals surface area contributed by atoms with Gasteiger partial charge in [-0.1, -0.05) is 12.1 Å². The van der Waals surface area contributed by atoms with Crippen LogP contribution in [0.3, 0.4) is 0 Å². The quantitative estimate of drug-likeness (QED) is 0.515. The van der Waals surface area contributed by atoms with Crippen LogP contribution in [0.25, 0.3) is 11.0 Å². The first-order valence-corrected chi connectivity index (χ1v) is 5.93. The molecule has 18 heavy (non-hydrogen) atoms. The maximum absolute atomic E-state index is 11.3. The number of aromatic amines is 1. The number of ketones is 1. The topological polar surface area (TPSA) is 66.0 Å². The molecule has 0 aliphatic heterocycles. The van der Waals surface area contributed by atoms with Crippen LogP contribution in [0.4, 0.5) is 0 Å². The summed E-state index contributed by atoms with van der Waals surface area (Å²) in [5.41, 5.74) is 1.75. The number of benzene rings is 1. The predicted octanol–water partition coefficient (Wildman–Crippen LogP) is 3.46. The van der Waals surface area contributed by atoms with Gasteiger partial charge in [-0.15, -0.1) is 12.4 Å². The summed E-state index contributed by atoms with van der Waals surface area (Å²) in [6, 6.07) is 7.61. The van der Waals surface area contributed by atoms with Crippen molar-refractivity contribution in [1.29, 1.82) is 0 Å². The van der Waals surface area contributed by atoms with Crippen LogP contribution >= 0.6 is 24.2 Å². The fraction of sp³-hybridized carbons (Fsp3) is 0.167. The third-order valence-electron chi connectivity index (χ3n) is 2.21. The number of carbonyl (C=O) groups excluding carboxylic acids is 1. The first-order valence-electron chi connectivity index (χ1n) is 5.11. The van der Waals surface area contributed by atoms with Gasteiger partial charge in [-0.3, -0.25) is 4.79 Å². The van der Waals surface area contributed by atoms with Gasteiger partial charge >= 0.3 is 0 Å². The van der Waals surface area contributed by atoms with E-state index in [-0.39, 0.29) is 23.9 Å². The molecule has 2 N–H and O–H groups in total. The molecule has 0 aliphatic rings. The highest BCUT2D eigenvalue weighted by Crippen LogP contribution is 2.28. The van der Waals surface area contributed by atoms with Gasteiger partial charge in [0, 0.05) is 0 Å². The average Bonchev–Trinajstić information content (AvgIpc) is 2.67. The number of nitrogens with one attached hydrogen (secondary N) is 1. The van der Waals surface area contributed by atoms with Gasteiger partial charge in [0.05, 0.1) is 15.9 Å². The Hall–Kier alpha value is -1.46. The number of imidazole rings is 1. The normalized spacial score (nSPS) is 11.9. The Kier molecular flexibility index (Phi) is 4.81. The smallest absolute Gasteiger partial charge is 0.171 e. The van der Waals surface area contributed by atoms with Crippen LogP contribution in [0, 0.1) is 0 Å². The summed E-state index contributed by atoms with van der Waals surface area (Å²) in [6.45, 7) is 2.91. The number of nitrogens with zero attached hydrogens (tertiary/aromatic N) is 1. The third kappa shape index (κ3) is 3.05. The molecule has 0 amide bonds. The Morgan fingerprint density at radius 1 is 1.33 bits per heavy atom. The highest BCUT2D eigenvalue weighted by Gasteiger charge is 2.12. The van der Waals surface area contributed by atoms with E-state index in [1.54, 1.807) is 0 Å². The third-order valence-corrected chi connectivity index (χ3v) is 3.39. The van der Waals surface area contributed by atoms with E-state index in [9.17, 15) is 9.90 Å². The fourth-order valence-corrected chi connectivity index (χ4v) is 2.26. The van der Waals surface area contributed by atoms with Crippen LogP contribution < -0.4 is 0 Å². The molecule has 0 bridgehead atoms. The number of allylic oxidation sites excluding steroid dienone is 2. The van der Waals surface area contributed by atoms with Crippen molar-refractivity contribution in [3.05, 3.63) is 34.9 Å². The lowest BCUT2D eigenvalue weighted by Gasteiger charge is -2.01. The second-order valence-electron chi connectivity index (χ2n) is 3.63. The first kappa shape index (κ1) is 14.6. The van der Waals surface area contributed by atoms with Crippen molar-refractivity contribution >= 4 is 41.0 Å². The van der Waals surface area contributed by atoms with Crippen molar-refractivity contribution in [2.45, 2.75) is 19.0 Å². The standard InChI is InChI=1S/C12H12N2O2S.ClH/c1-7(15)11(8(2)16)17-12-13-9-5-3-4-6-10(9)14-12;/h3-6,15H,1-2H3,(H,13,14);1H/b11-7+;. The number of Topliss-reactive ketones (excluding diaryl/α,β-unsaturated/α-hetero) is 1. The van der Waals surface area contributed by atoms with Crippen molar-refractivity contribution in [3.8, 4) is 0 Å². The minimum atomic E-state index is -0.171. The average molecular weight is 285 g/mol. The van der Waals surface area contributed by atoms with Crippen molar-refractivity contribution in [2.24, 2.45) is 0 Å². The second-order valence-corrected chi connectivity index (χ2v) is 4.63. The Bertz CT molecular complexity index is 570. The number of rotatable bonds is 3. The molecule has 0 radical (unpaired) electrons. The maximum atomic E-state index is 11.3. The van der Waals surface area contributed by atoms with Crippen molar-refractivity contribution in [3.63, 3.8) is 0 Å². The molecule has 0 saturated heterocycles. The van der Waals surface area contributed by atoms with Gasteiger partial charge in [0.2, 0.25) is 0 Å². The van der Waals surface area contributed by atoms with Gasteiger partial charge < -0.3 is 10.1 Å². The number of H-pyrrole nitrogens is 1. The lowest BCUT2D eigenvalue weighted by atomic mass is 10.3. The number of halogens is 1. The van der Waals surface area contributed by atoms with E-state index in [2.05, 4.69) is 9.97 Å². The van der Waals surface area contributed by atoms with E-state index in [0.717, 1.165) is 22.8 Å². The Labute approximate surface area is 115 Å². The maximum Gasteiger partial charge on any atom is 0.171 e. The summed E-state index contributed by atoms with van der Waals surface area (Å²) in [5, 5.41) is 10.0. The van der Waals surface area contributed by atoms with Crippen molar-refractivity contribution in [1.82, 2.24) is 9.97 Å². The molecule has 0 atom stereocenters. The minimum Gasteiger partial charge on any atom is -0.511 e. The molecular weight excluding hydrogens is 272 g/mol. The Balaban J connectivity index is 0.00000162. The summed E-state index contributed by atoms with van der Waals surface area (Å²) >= 11 is 1.14. The molecule has 0 spiro atoms. The van der Waals surface area contributed by atoms with E-state index in [1.165, 1.54) is 13.8 Å². The number of para-hydroxylation sites is 2. The zero-order chi connectivity index (χ0) is 12.4. The number of aliphatic hydroxyl groups is 1. The molecule has 0 unspecified atom stereocenters. The van der Waals surface area contributed by atoms with Crippen LogP contribution in [-0.4, -0.2) is 20.9 Å². The van der Waals surface area contributed by atoms with E-state index in [4.69, 9.17) is 0 Å². The molecule has 96 valence electrons. The van der Waals surface area contributed by atoms with Crippen LogP contribution in [0.2, 0.25) is 0 Å². The zero-order valence-corrected chi connectivity index (χ0v) is 11.6. The van der Waals surface area contributed by atoms with Gasteiger partial charge in [0.15, 0.2) is 10.9 Å². The highest BCUT2D eigenvalue weighted by molar-refractivity contribution is 8.03. The SMILES string of the molecule is CC(=O)/C(Sc1nc2ccccc2[nH]1)=C(/C)O.Cl. The Morgan fingerprint density at radius 3 is 2.56 bits per heavy atom. The second kappa shape index (κ2) is 5.93. The van der Waals surface area contributed by atoms with Crippen molar-refractivity contribution in [2.75, 3.05) is 0 Å². The monoisotopic (exact) mass is 284 g/mol. The van der Waals surface area contributed by atoms with E-state index in [0.29, 0.717) is 10.1 Å². The number of hydrogen-bond donors (Lipinski definition) is 2. The molecule has 6 heteroatoms. The minimum absolute atomic E-state index is 0. The number of hydrogen-bond acceptors (Lipinski definition) is 4. The summed E-state index contributed by atoms with van der Waals surface area (Å²) in [5.74, 6) is -0.154. The number of aliphatic hydroxyl groups excluding tert-OH is 1. The Morgan fingerprint density at radius 2 is 2.00 bits per heavy atom. The first-order chi connectivity index (χ1) is 8.08. The molecule has 0 aliphatic carbocycles. The molecule has 2 rings (SSSR count). The van der Waals surface area contributed by atoms with E-state index < -0.39 is 0 Å². The molecule has 0 fully saturated rings. The summed E-state index contributed by atoms with van der Waals surface area (Å²) in [4.78, 5) is 19.1. The van der Waals surface area contributed by atoms with E-state index >= 15 is 0 Å². The molecule has 2 aromatic rings. The summed E-state index contributed by atoms with van der Waals surface area (Å²) < 4.78 is 0. The summed E-state index contributed by atoms with van der Waals surface area (Å²) in [7, 11) is 0.